The van der Waals surface area contributed by atoms with E-state index in [-0.39, 0.29) is 12.4 Å². The van der Waals surface area contributed by atoms with Gasteiger partial charge in [0.1, 0.15) is 12.4 Å². The van der Waals surface area contributed by atoms with Crippen molar-refractivity contribution in [3.63, 3.8) is 0 Å². The Labute approximate surface area is 105 Å². The zero-order valence-corrected chi connectivity index (χ0v) is 10.5. The summed E-state index contributed by atoms with van der Waals surface area (Å²) in [5, 5.41) is 17.2. The first-order valence-corrected chi connectivity index (χ1v) is 5.96. The Bertz CT molecular complexity index is 531. The van der Waals surface area contributed by atoms with Gasteiger partial charge in [-0.2, -0.15) is 0 Å². The van der Waals surface area contributed by atoms with Crippen molar-refractivity contribution in [2.75, 3.05) is 0 Å². The Morgan fingerprint density at radius 3 is 2.67 bits per heavy atom. The summed E-state index contributed by atoms with van der Waals surface area (Å²) in [6, 6.07) is 4.77. The van der Waals surface area contributed by atoms with Crippen molar-refractivity contribution >= 4 is 0 Å². The molecule has 0 amide bonds. The number of rotatable bonds is 4. The third kappa shape index (κ3) is 2.41. The van der Waals surface area contributed by atoms with Crippen LogP contribution in [0.3, 0.4) is 0 Å². The number of aryl methyl sites for hydroxylation is 1. The fourth-order valence-corrected chi connectivity index (χ4v) is 1.99. The summed E-state index contributed by atoms with van der Waals surface area (Å²) < 4.78 is 15.2. The number of benzene rings is 1. The van der Waals surface area contributed by atoms with Gasteiger partial charge in [-0.25, -0.2) is 4.39 Å². The Balaban J connectivity index is 2.52. The lowest BCUT2D eigenvalue weighted by Crippen LogP contribution is -2.05. The summed E-state index contributed by atoms with van der Waals surface area (Å²) in [4.78, 5) is 0. The van der Waals surface area contributed by atoms with Gasteiger partial charge in [-0.3, -0.25) is 0 Å². The minimum Gasteiger partial charge on any atom is -0.388 e. The summed E-state index contributed by atoms with van der Waals surface area (Å²) in [7, 11) is 0. The van der Waals surface area contributed by atoms with E-state index < -0.39 is 0 Å². The molecule has 0 bridgehead atoms. The molecule has 0 aliphatic heterocycles. The van der Waals surface area contributed by atoms with Crippen LogP contribution in [0.15, 0.2) is 18.2 Å². The molecule has 0 fully saturated rings. The molecule has 1 heterocycles. The number of aromatic nitrogens is 3. The molecule has 5 heteroatoms. The van der Waals surface area contributed by atoms with Gasteiger partial charge in [0.15, 0.2) is 11.6 Å². The molecule has 0 spiro atoms. The van der Waals surface area contributed by atoms with Gasteiger partial charge < -0.3 is 9.67 Å². The topological polar surface area (TPSA) is 50.9 Å². The third-order valence-electron chi connectivity index (χ3n) is 2.72. The maximum absolute atomic E-state index is 13.4. The van der Waals surface area contributed by atoms with Crippen LogP contribution < -0.4 is 0 Å². The van der Waals surface area contributed by atoms with Crippen molar-refractivity contribution in [3.05, 3.63) is 35.4 Å². The molecule has 0 unspecified atom stereocenters. The zero-order valence-electron chi connectivity index (χ0n) is 10.5. The molecule has 0 aliphatic rings. The van der Waals surface area contributed by atoms with E-state index >= 15 is 0 Å². The number of hydrogen-bond acceptors (Lipinski definition) is 3. The summed E-state index contributed by atoms with van der Waals surface area (Å²) in [6.07, 6.45) is 0.895. The van der Waals surface area contributed by atoms with Crippen LogP contribution in [0.2, 0.25) is 0 Å². The molecule has 0 aliphatic carbocycles. The van der Waals surface area contributed by atoms with Gasteiger partial charge >= 0.3 is 0 Å². The van der Waals surface area contributed by atoms with Crippen LogP contribution in [-0.2, 0) is 13.2 Å². The molecule has 96 valence electrons. The molecular formula is C13H16FN3O. The lowest BCUT2D eigenvalue weighted by molar-refractivity contribution is 0.264. The first-order valence-electron chi connectivity index (χ1n) is 5.96. The highest BCUT2D eigenvalue weighted by molar-refractivity contribution is 5.56. The lowest BCUT2D eigenvalue weighted by atomic mass is 10.1. The minimum atomic E-state index is -0.290. The molecule has 1 aromatic carbocycles. The second-order valence-electron chi connectivity index (χ2n) is 4.27. The summed E-state index contributed by atoms with van der Waals surface area (Å²) in [5.41, 5.74) is 1.52. The SMILES string of the molecule is CCCn1c(CO)nnc1-c1cc(C)cc(F)c1. The number of aliphatic hydroxyl groups is 1. The van der Waals surface area contributed by atoms with E-state index in [9.17, 15) is 9.50 Å². The molecule has 0 radical (unpaired) electrons. The maximum atomic E-state index is 13.4. The van der Waals surface area contributed by atoms with Crippen LogP contribution >= 0.6 is 0 Å². The molecule has 0 atom stereocenters. The molecule has 1 aromatic heterocycles. The smallest absolute Gasteiger partial charge is 0.164 e. The molecule has 2 aromatic rings. The number of aliphatic hydroxyl groups excluding tert-OH is 1. The first kappa shape index (κ1) is 12.7. The van der Waals surface area contributed by atoms with Gasteiger partial charge in [0.25, 0.3) is 0 Å². The Hall–Kier alpha value is -1.75. The van der Waals surface area contributed by atoms with E-state index in [2.05, 4.69) is 10.2 Å². The summed E-state index contributed by atoms with van der Waals surface area (Å²) in [6.45, 7) is 4.40. The zero-order chi connectivity index (χ0) is 13.1. The van der Waals surface area contributed by atoms with Crippen molar-refractivity contribution in [2.45, 2.75) is 33.4 Å². The van der Waals surface area contributed by atoms with Crippen LogP contribution in [-0.4, -0.2) is 19.9 Å². The second kappa shape index (κ2) is 5.27. The normalized spacial score (nSPS) is 10.9. The number of halogens is 1. The predicted molar refractivity (Wildman–Crippen MR) is 66.4 cm³/mol. The predicted octanol–water partition coefficient (Wildman–Crippen LogP) is 2.29. The van der Waals surface area contributed by atoms with Crippen molar-refractivity contribution in [2.24, 2.45) is 0 Å². The van der Waals surface area contributed by atoms with E-state index in [4.69, 9.17) is 0 Å². The van der Waals surface area contributed by atoms with Crippen LogP contribution in [0.4, 0.5) is 4.39 Å². The molecular weight excluding hydrogens is 233 g/mol. The standard InChI is InChI=1S/C13H16FN3O/c1-3-4-17-12(8-18)15-16-13(17)10-5-9(2)6-11(14)7-10/h5-7,18H,3-4,8H2,1-2H3. The highest BCUT2D eigenvalue weighted by atomic mass is 19.1. The third-order valence-corrected chi connectivity index (χ3v) is 2.72. The van der Waals surface area contributed by atoms with Crippen LogP contribution in [0, 0.1) is 12.7 Å². The van der Waals surface area contributed by atoms with Gasteiger partial charge in [-0.05, 0) is 37.1 Å². The Kier molecular flexibility index (Phi) is 3.72. The van der Waals surface area contributed by atoms with Gasteiger partial charge in [0.2, 0.25) is 0 Å². The van der Waals surface area contributed by atoms with Crippen molar-refractivity contribution < 1.29 is 9.50 Å². The van der Waals surface area contributed by atoms with Crippen LogP contribution in [0.25, 0.3) is 11.4 Å². The first-order chi connectivity index (χ1) is 8.65. The Morgan fingerprint density at radius 1 is 1.28 bits per heavy atom. The summed E-state index contributed by atoms with van der Waals surface area (Å²) in [5.74, 6) is 0.818. The highest BCUT2D eigenvalue weighted by Crippen LogP contribution is 2.21. The molecule has 2 rings (SSSR count). The molecule has 18 heavy (non-hydrogen) atoms. The fourth-order valence-electron chi connectivity index (χ4n) is 1.99. The van der Waals surface area contributed by atoms with E-state index in [1.165, 1.54) is 12.1 Å². The van der Waals surface area contributed by atoms with E-state index in [1.54, 1.807) is 0 Å². The van der Waals surface area contributed by atoms with E-state index in [0.29, 0.717) is 23.8 Å². The number of hydrogen-bond donors (Lipinski definition) is 1. The highest BCUT2D eigenvalue weighted by Gasteiger charge is 2.13. The Morgan fingerprint density at radius 2 is 2.06 bits per heavy atom. The minimum absolute atomic E-state index is 0.165. The van der Waals surface area contributed by atoms with Crippen LogP contribution in [0.1, 0.15) is 24.7 Å². The molecule has 0 saturated carbocycles. The van der Waals surface area contributed by atoms with E-state index in [0.717, 1.165) is 12.0 Å². The van der Waals surface area contributed by atoms with Crippen molar-refractivity contribution in [1.29, 1.82) is 0 Å². The van der Waals surface area contributed by atoms with Gasteiger partial charge in [-0.1, -0.05) is 6.92 Å². The quantitative estimate of drug-likeness (QED) is 0.904. The molecule has 4 nitrogen and oxygen atoms in total. The maximum Gasteiger partial charge on any atom is 0.164 e. The molecule has 0 saturated heterocycles. The van der Waals surface area contributed by atoms with Gasteiger partial charge in [0, 0.05) is 12.1 Å². The number of nitrogens with zero attached hydrogens (tertiary/aromatic N) is 3. The monoisotopic (exact) mass is 249 g/mol. The second-order valence-corrected chi connectivity index (χ2v) is 4.27. The van der Waals surface area contributed by atoms with Gasteiger partial charge in [-0.15, -0.1) is 10.2 Å². The van der Waals surface area contributed by atoms with E-state index in [1.807, 2.05) is 24.5 Å². The fraction of sp³-hybridized carbons (Fsp3) is 0.385. The average Bonchev–Trinajstić information content (AvgIpc) is 2.71. The lowest BCUT2D eigenvalue weighted by Gasteiger charge is -2.08. The largest absolute Gasteiger partial charge is 0.388 e. The summed E-state index contributed by atoms with van der Waals surface area (Å²) >= 11 is 0. The van der Waals surface area contributed by atoms with Crippen molar-refractivity contribution in [3.8, 4) is 11.4 Å². The van der Waals surface area contributed by atoms with Gasteiger partial charge in [0.05, 0.1) is 0 Å². The van der Waals surface area contributed by atoms with Crippen molar-refractivity contribution in [1.82, 2.24) is 14.8 Å². The van der Waals surface area contributed by atoms with Crippen LogP contribution in [0.5, 0.6) is 0 Å². The molecule has 1 N–H and O–H groups in total. The average molecular weight is 249 g/mol.